The van der Waals surface area contributed by atoms with E-state index in [0.29, 0.717) is 41.1 Å². The third-order valence-electron chi connectivity index (χ3n) is 6.13. The van der Waals surface area contributed by atoms with Gasteiger partial charge in [0.25, 0.3) is 5.91 Å². The van der Waals surface area contributed by atoms with Crippen molar-refractivity contribution in [3.8, 4) is 40.7 Å². The lowest BCUT2D eigenvalue weighted by molar-refractivity contribution is 0.0884. The predicted octanol–water partition coefficient (Wildman–Crippen LogP) is 2.90. The van der Waals surface area contributed by atoms with E-state index in [1.807, 2.05) is 12.1 Å². The fraction of sp³-hybridized carbons (Fsp3) is 0.208. The van der Waals surface area contributed by atoms with Crippen LogP contribution in [0.15, 0.2) is 48.8 Å². The van der Waals surface area contributed by atoms with Crippen LogP contribution in [-0.4, -0.2) is 35.7 Å². The maximum absolute atomic E-state index is 11.6. The summed E-state index contributed by atoms with van der Waals surface area (Å²) in [5.74, 6) is -1.25. The van der Waals surface area contributed by atoms with Gasteiger partial charge in [0.15, 0.2) is 5.69 Å². The Kier molecular flexibility index (Phi) is 4.91. The molecule has 4 aromatic heterocycles. The van der Waals surface area contributed by atoms with Crippen LogP contribution < -0.4 is 5.73 Å². The molecule has 34 heavy (non-hydrogen) atoms. The lowest BCUT2D eigenvalue weighted by Gasteiger charge is -2.43. The minimum Gasteiger partial charge on any atom is -0.505 e. The molecule has 3 N–H and O–H groups in total. The summed E-state index contributed by atoms with van der Waals surface area (Å²) in [6.45, 7) is 0. The Bertz CT molecular complexity index is 1520. The topological polar surface area (TPSA) is 167 Å². The van der Waals surface area contributed by atoms with Crippen LogP contribution in [0.25, 0.3) is 33.7 Å². The van der Waals surface area contributed by atoms with Crippen molar-refractivity contribution in [2.24, 2.45) is 11.7 Å². The van der Waals surface area contributed by atoms with Crippen molar-refractivity contribution in [3.63, 3.8) is 0 Å². The molecular weight excluding hydrogens is 432 g/mol. The van der Waals surface area contributed by atoms with Crippen LogP contribution >= 0.6 is 0 Å². The SMILES string of the molecule is N#CC[C@]1(n2ccc(-c3nc(-c4ccc(O)c(C(N)=O)n4)cc4ncccc34)n2)C[C@H](C#N)C1. The van der Waals surface area contributed by atoms with E-state index in [1.165, 1.54) is 6.07 Å². The summed E-state index contributed by atoms with van der Waals surface area (Å²) >= 11 is 0. The second kappa shape index (κ2) is 7.94. The number of nitrogens with zero attached hydrogens (tertiary/aromatic N) is 7. The zero-order valence-electron chi connectivity index (χ0n) is 17.9. The van der Waals surface area contributed by atoms with E-state index in [1.54, 1.807) is 35.3 Å². The number of fused-ring (bicyclic) bond motifs is 1. The van der Waals surface area contributed by atoms with Crippen LogP contribution in [0.2, 0.25) is 0 Å². The van der Waals surface area contributed by atoms with E-state index in [-0.39, 0.29) is 23.8 Å². The van der Waals surface area contributed by atoms with Gasteiger partial charge in [-0.25, -0.2) is 9.97 Å². The Balaban J connectivity index is 1.63. The van der Waals surface area contributed by atoms with E-state index in [9.17, 15) is 20.4 Å². The van der Waals surface area contributed by atoms with Crippen molar-refractivity contribution < 1.29 is 9.90 Å². The highest BCUT2D eigenvalue weighted by Gasteiger charge is 2.46. The van der Waals surface area contributed by atoms with Gasteiger partial charge >= 0.3 is 0 Å². The largest absolute Gasteiger partial charge is 0.505 e. The zero-order valence-corrected chi connectivity index (χ0v) is 17.9. The van der Waals surface area contributed by atoms with E-state index in [2.05, 4.69) is 22.1 Å². The van der Waals surface area contributed by atoms with Gasteiger partial charge in [0, 0.05) is 17.8 Å². The molecule has 4 aromatic rings. The van der Waals surface area contributed by atoms with E-state index < -0.39 is 11.4 Å². The number of rotatable bonds is 5. The van der Waals surface area contributed by atoms with Crippen molar-refractivity contribution in [2.45, 2.75) is 24.8 Å². The van der Waals surface area contributed by atoms with Gasteiger partial charge in [-0.3, -0.25) is 14.5 Å². The van der Waals surface area contributed by atoms with Crippen LogP contribution in [0, 0.1) is 28.6 Å². The van der Waals surface area contributed by atoms with Gasteiger partial charge in [0.05, 0.1) is 46.9 Å². The Morgan fingerprint density at radius 3 is 2.74 bits per heavy atom. The smallest absolute Gasteiger partial charge is 0.271 e. The zero-order chi connectivity index (χ0) is 23.9. The average molecular weight is 450 g/mol. The first-order chi connectivity index (χ1) is 16.4. The number of nitrogens with two attached hydrogens (primary N) is 1. The van der Waals surface area contributed by atoms with Crippen molar-refractivity contribution in [2.75, 3.05) is 0 Å². The Morgan fingerprint density at radius 1 is 1.18 bits per heavy atom. The number of aromatic nitrogens is 5. The molecule has 0 saturated heterocycles. The number of pyridine rings is 3. The summed E-state index contributed by atoms with van der Waals surface area (Å²) in [4.78, 5) is 25.0. The number of hydrogen-bond donors (Lipinski definition) is 2. The molecule has 10 heteroatoms. The molecule has 10 nitrogen and oxygen atoms in total. The highest BCUT2D eigenvalue weighted by atomic mass is 16.3. The van der Waals surface area contributed by atoms with Gasteiger partial charge in [-0.1, -0.05) is 0 Å². The summed E-state index contributed by atoms with van der Waals surface area (Å²) in [5.41, 5.74) is 7.12. The quantitative estimate of drug-likeness (QED) is 0.468. The van der Waals surface area contributed by atoms with Gasteiger partial charge in [-0.05, 0) is 49.2 Å². The van der Waals surface area contributed by atoms with Crippen LogP contribution in [-0.2, 0) is 5.54 Å². The van der Waals surface area contributed by atoms with Gasteiger partial charge in [-0.2, -0.15) is 15.6 Å². The third-order valence-corrected chi connectivity index (χ3v) is 6.13. The molecule has 0 radical (unpaired) electrons. The normalized spacial score (nSPS) is 19.2. The van der Waals surface area contributed by atoms with E-state index >= 15 is 0 Å². The summed E-state index contributed by atoms with van der Waals surface area (Å²) in [7, 11) is 0. The third kappa shape index (κ3) is 3.38. The van der Waals surface area contributed by atoms with Gasteiger partial charge in [0.1, 0.15) is 17.1 Å². The molecule has 1 fully saturated rings. The fourth-order valence-corrected chi connectivity index (χ4v) is 4.40. The molecule has 0 bridgehead atoms. The van der Waals surface area contributed by atoms with Crippen molar-refractivity contribution >= 4 is 16.8 Å². The second-order valence-electron chi connectivity index (χ2n) is 8.29. The van der Waals surface area contributed by atoms with Gasteiger partial charge in [-0.15, -0.1) is 0 Å². The highest BCUT2D eigenvalue weighted by Crippen LogP contribution is 2.46. The molecule has 0 unspecified atom stereocenters. The minimum atomic E-state index is -0.851. The first-order valence-electron chi connectivity index (χ1n) is 10.5. The van der Waals surface area contributed by atoms with E-state index in [0.717, 1.165) is 5.39 Å². The number of hydrogen-bond acceptors (Lipinski definition) is 8. The molecule has 0 atom stereocenters. The lowest BCUT2D eigenvalue weighted by Crippen LogP contribution is -2.46. The van der Waals surface area contributed by atoms with Gasteiger partial charge < -0.3 is 10.8 Å². The molecule has 0 aliphatic heterocycles. The molecule has 1 aliphatic rings. The fourth-order valence-electron chi connectivity index (χ4n) is 4.40. The number of amides is 1. The van der Waals surface area contributed by atoms with Crippen molar-refractivity contribution in [1.82, 2.24) is 24.7 Å². The molecule has 1 aliphatic carbocycles. The number of aromatic hydroxyl groups is 1. The van der Waals surface area contributed by atoms with Crippen LogP contribution in [0.1, 0.15) is 29.8 Å². The molecule has 0 spiro atoms. The van der Waals surface area contributed by atoms with Crippen LogP contribution in [0.5, 0.6) is 5.75 Å². The van der Waals surface area contributed by atoms with Crippen molar-refractivity contribution in [1.29, 1.82) is 10.5 Å². The van der Waals surface area contributed by atoms with Crippen LogP contribution in [0.3, 0.4) is 0 Å². The Morgan fingerprint density at radius 2 is 2.00 bits per heavy atom. The molecule has 5 rings (SSSR count). The van der Waals surface area contributed by atoms with Gasteiger partial charge in [0.2, 0.25) is 0 Å². The first-order valence-corrected chi connectivity index (χ1v) is 10.5. The monoisotopic (exact) mass is 450 g/mol. The lowest BCUT2D eigenvalue weighted by atomic mass is 9.67. The summed E-state index contributed by atoms with van der Waals surface area (Å²) < 4.78 is 1.76. The molecule has 1 amide bonds. The minimum absolute atomic E-state index is 0.0903. The standard InChI is InChI=1S/C24H18N8O2/c25-7-6-24(11-14(12-24)13-26)32-9-5-17(31-32)21-15-2-1-8-28-18(15)10-19(30-21)16-3-4-20(33)22(29-16)23(27)34/h1-5,8-10,14,33H,6,11-12H2,(H2,27,34)/t14-,24-. The summed E-state index contributed by atoms with van der Waals surface area (Å²) in [6.07, 6.45) is 4.87. The number of carbonyl (C=O) groups is 1. The Labute approximate surface area is 193 Å². The number of carbonyl (C=O) groups excluding carboxylic acids is 1. The molecule has 4 heterocycles. The second-order valence-corrected chi connectivity index (χ2v) is 8.29. The molecule has 1 saturated carbocycles. The van der Waals surface area contributed by atoms with Crippen molar-refractivity contribution in [3.05, 3.63) is 54.5 Å². The predicted molar refractivity (Wildman–Crippen MR) is 121 cm³/mol. The summed E-state index contributed by atoms with van der Waals surface area (Å²) in [6, 6.07) is 14.6. The first kappa shape index (κ1) is 21.0. The molecule has 166 valence electrons. The Hall–Kier alpha value is -4.83. The number of nitriles is 2. The highest BCUT2D eigenvalue weighted by molar-refractivity contribution is 5.95. The average Bonchev–Trinajstić information content (AvgIpc) is 3.31. The maximum Gasteiger partial charge on any atom is 0.271 e. The molecular formula is C24H18N8O2. The van der Waals surface area contributed by atoms with Crippen LogP contribution in [0.4, 0.5) is 0 Å². The number of primary amides is 1. The maximum atomic E-state index is 11.6. The molecule has 0 aromatic carbocycles. The van der Waals surface area contributed by atoms with E-state index in [4.69, 9.17) is 15.8 Å². The summed E-state index contributed by atoms with van der Waals surface area (Å²) in [5, 5.41) is 34.0.